The van der Waals surface area contributed by atoms with Gasteiger partial charge in [-0.25, -0.2) is 4.98 Å². The lowest BCUT2D eigenvalue weighted by Gasteiger charge is -2.29. The Bertz CT molecular complexity index is 405. The molecule has 1 fully saturated rings. The van der Waals surface area contributed by atoms with Crippen molar-refractivity contribution in [3.05, 3.63) is 23.9 Å². The molecule has 92 valence electrons. The van der Waals surface area contributed by atoms with E-state index in [9.17, 15) is 4.79 Å². The molecule has 1 aliphatic carbocycles. The van der Waals surface area contributed by atoms with Crippen LogP contribution in [0.25, 0.3) is 0 Å². The number of pyridine rings is 1. The van der Waals surface area contributed by atoms with Gasteiger partial charge in [0.05, 0.1) is 5.56 Å². The van der Waals surface area contributed by atoms with E-state index in [1.54, 1.807) is 18.3 Å². The minimum Gasteiger partial charge on any atom is -0.383 e. The molecule has 0 aromatic carbocycles. The summed E-state index contributed by atoms with van der Waals surface area (Å²) < 4.78 is 0. The van der Waals surface area contributed by atoms with Crippen LogP contribution in [0.3, 0.4) is 0 Å². The van der Waals surface area contributed by atoms with Crippen molar-refractivity contribution in [3.8, 4) is 0 Å². The summed E-state index contributed by atoms with van der Waals surface area (Å²) >= 11 is 0. The lowest BCUT2D eigenvalue weighted by Crippen LogP contribution is -2.41. The number of rotatable bonds is 2. The maximum atomic E-state index is 12.0. The van der Waals surface area contributed by atoms with Gasteiger partial charge in [-0.3, -0.25) is 4.79 Å². The maximum Gasteiger partial charge on any atom is 0.255 e. The van der Waals surface area contributed by atoms with Crippen LogP contribution in [0.5, 0.6) is 0 Å². The van der Waals surface area contributed by atoms with E-state index >= 15 is 0 Å². The number of hydrogen-bond acceptors (Lipinski definition) is 3. The molecular weight excluding hydrogens is 214 g/mol. The first-order chi connectivity index (χ1) is 8.18. The number of nitrogens with two attached hydrogens (primary N) is 1. The number of anilines is 1. The molecule has 2 atom stereocenters. The van der Waals surface area contributed by atoms with Gasteiger partial charge in [-0.15, -0.1) is 0 Å². The minimum atomic E-state index is -0.102. The molecule has 1 aromatic rings. The Kier molecular flexibility index (Phi) is 3.61. The molecule has 1 saturated carbocycles. The van der Waals surface area contributed by atoms with Crippen LogP contribution in [0.4, 0.5) is 5.82 Å². The summed E-state index contributed by atoms with van der Waals surface area (Å²) in [6.07, 6.45) is 6.30. The van der Waals surface area contributed by atoms with Gasteiger partial charge in [-0.05, 0) is 30.9 Å². The zero-order chi connectivity index (χ0) is 12.3. The van der Waals surface area contributed by atoms with Gasteiger partial charge >= 0.3 is 0 Å². The van der Waals surface area contributed by atoms with Crippen molar-refractivity contribution in [2.75, 3.05) is 5.73 Å². The Morgan fingerprint density at radius 1 is 1.47 bits per heavy atom. The van der Waals surface area contributed by atoms with Crippen LogP contribution in [0.15, 0.2) is 18.3 Å². The van der Waals surface area contributed by atoms with E-state index in [2.05, 4.69) is 17.2 Å². The molecule has 1 heterocycles. The summed E-state index contributed by atoms with van der Waals surface area (Å²) in [5, 5.41) is 3.07. The molecule has 4 nitrogen and oxygen atoms in total. The molecule has 1 aromatic heterocycles. The Balaban J connectivity index is 2.04. The second kappa shape index (κ2) is 5.17. The lowest BCUT2D eigenvalue weighted by atomic mass is 9.86. The zero-order valence-corrected chi connectivity index (χ0v) is 10.1. The number of amides is 1. The van der Waals surface area contributed by atoms with Gasteiger partial charge < -0.3 is 11.1 Å². The SMILES string of the molecule is C[C@@H]1CCCC[C@H]1NC(=O)c1cccnc1N. The van der Waals surface area contributed by atoms with Gasteiger partial charge in [-0.1, -0.05) is 19.8 Å². The van der Waals surface area contributed by atoms with Crippen LogP contribution in [-0.4, -0.2) is 16.9 Å². The highest BCUT2D eigenvalue weighted by Crippen LogP contribution is 2.24. The highest BCUT2D eigenvalue weighted by atomic mass is 16.1. The van der Waals surface area contributed by atoms with Crippen LogP contribution < -0.4 is 11.1 Å². The van der Waals surface area contributed by atoms with Crippen molar-refractivity contribution >= 4 is 11.7 Å². The van der Waals surface area contributed by atoms with Gasteiger partial charge in [-0.2, -0.15) is 0 Å². The van der Waals surface area contributed by atoms with Gasteiger partial charge in [0.2, 0.25) is 0 Å². The molecule has 4 heteroatoms. The smallest absolute Gasteiger partial charge is 0.255 e. The Morgan fingerprint density at radius 2 is 2.24 bits per heavy atom. The zero-order valence-electron chi connectivity index (χ0n) is 10.1. The first kappa shape index (κ1) is 11.9. The molecule has 0 unspecified atom stereocenters. The number of nitrogens with zero attached hydrogens (tertiary/aromatic N) is 1. The Labute approximate surface area is 102 Å². The van der Waals surface area contributed by atoms with Gasteiger partial charge in [0, 0.05) is 12.2 Å². The number of nitrogens with one attached hydrogen (secondary N) is 1. The number of carbonyl (C=O) groups is 1. The molecular formula is C13H19N3O. The fourth-order valence-corrected chi connectivity index (χ4v) is 2.39. The Hall–Kier alpha value is -1.58. The fourth-order valence-electron chi connectivity index (χ4n) is 2.39. The maximum absolute atomic E-state index is 12.0. The van der Waals surface area contributed by atoms with E-state index in [1.807, 2.05) is 0 Å². The third-order valence-electron chi connectivity index (χ3n) is 3.51. The van der Waals surface area contributed by atoms with Crippen LogP contribution >= 0.6 is 0 Å². The van der Waals surface area contributed by atoms with Crippen molar-refractivity contribution in [1.82, 2.24) is 10.3 Å². The number of aromatic nitrogens is 1. The van der Waals surface area contributed by atoms with E-state index < -0.39 is 0 Å². The molecule has 2 rings (SSSR count). The monoisotopic (exact) mass is 233 g/mol. The first-order valence-corrected chi connectivity index (χ1v) is 6.20. The summed E-state index contributed by atoms with van der Waals surface area (Å²) in [4.78, 5) is 16.0. The predicted molar refractivity (Wildman–Crippen MR) is 67.5 cm³/mol. The van der Waals surface area contributed by atoms with E-state index in [4.69, 9.17) is 5.73 Å². The quantitative estimate of drug-likeness (QED) is 0.820. The van der Waals surface area contributed by atoms with E-state index in [0.29, 0.717) is 17.3 Å². The summed E-state index contributed by atoms with van der Waals surface area (Å²) in [5.41, 5.74) is 6.17. The molecule has 0 radical (unpaired) electrons. The van der Waals surface area contributed by atoms with Crippen LogP contribution in [-0.2, 0) is 0 Å². The van der Waals surface area contributed by atoms with E-state index in [0.717, 1.165) is 6.42 Å². The van der Waals surface area contributed by atoms with Crippen LogP contribution in [0, 0.1) is 5.92 Å². The second-order valence-corrected chi connectivity index (χ2v) is 4.78. The van der Waals surface area contributed by atoms with Crippen LogP contribution in [0.1, 0.15) is 43.0 Å². The first-order valence-electron chi connectivity index (χ1n) is 6.20. The fraction of sp³-hybridized carbons (Fsp3) is 0.538. The Morgan fingerprint density at radius 3 is 2.94 bits per heavy atom. The average molecular weight is 233 g/mol. The van der Waals surface area contributed by atoms with Crippen molar-refractivity contribution in [3.63, 3.8) is 0 Å². The molecule has 0 saturated heterocycles. The van der Waals surface area contributed by atoms with E-state index in [1.165, 1.54) is 19.3 Å². The molecule has 3 N–H and O–H groups in total. The topological polar surface area (TPSA) is 68.0 Å². The summed E-state index contributed by atoms with van der Waals surface area (Å²) in [5.74, 6) is 0.744. The predicted octanol–water partition coefficient (Wildman–Crippen LogP) is 1.97. The molecule has 0 spiro atoms. The van der Waals surface area contributed by atoms with Gasteiger partial charge in [0.25, 0.3) is 5.91 Å². The summed E-state index contributed by atoms with van der Waals surface area (Å²) in [6, 6.07) is 3.72. The summed E-state index contributed by atoms with van der Waals surface area (Å²) in [7, 11) is 0. The molecule has 0 aliphatic heterocycles. The van der Waals surface area contributed by atoms with Gasteiger partial charge in [0.15, 0.2) is 0 Å². The molecule has 17 heavy (non-hydrogen) atoms. The standard InChI is InChI=1S/C13H19N3O/c1-9-5-2-3-7-11(9)16-13(17)10-6-4-8-15-12(10)14/h4,6,8-9,11H,2-3,5,7H2,1H3,(H2,14,15)(H,16,17)/t9-,11-/m1/s1. The molecule has 0 bridgehead atoms. The number of nitrogen functional groups attached to an aromatic ring is 1. The number of carbonyl (C=O) groups excluding carboxylic acids is 1. The lowest BCUT2D eigenvalue weighted by molar-refractivity contribution is 0.0911. The summed E-state index contributed by atoms with van der Waals surface area (Å²) in [6.45, 7) is 2.19. The average Bonchev–Trinajstić information content (AvgIpc) is 2.32. The number of hydrogen-bond donors (Lipinski definition) is 2. The molecule has 1 amide bonds. The van der Waals surface area contributed by atoms with E-state index in [-0.39, 0.29) is 11.9 Å². The highest BCUT2D eigenvalue weighted by molar-refractivity contribution is 5.98. The van der Waals surface area contributed by atoms with Crippen molar-refractivity contribution in [1.29, 1.82) is 0 Å². The van der Waals surface area contributed by atoms with Crippen LogP contribution in [0.2, 0.25) is 0 Å². The third kappa shape index (κ3) is 2.75. The van der Waals surface area contributed by atoms with Crippen molar-refractivity contribution in [2.24, 2.45) is 5.92 Å². The normalized spacial score (nSPS) is 24.3. The third-order valence-corrected chi connectivity index (χ3v) is 3.51. The largest absolute Gasteiger partial charge is 0.383 e. The highest BCUT2D eigenvalue weighted by Gasteiger charge is 2.23. The van der Waals surface area contributed by atoms with Crippen molar-refractivity contribution < 1.29 is 4.79 Å². The second-order valence-electron chi connectivity index (χ2n) is 4.78. The molecule has 1 aliphatic rings. The minimum absolute atomic E-state index is 0.102. The van der Waals surface area contributed by atoms with Gasteiger partial charge in [0.1, 0.15) is 5.82 Å². The van der Waals surface area contributed by atoms with Crippen molar-refractivity contribution in [2.45, 2.75) is 38.6 Å².